The number of hydrogen-bond acceptors (Lipinski definition) is 3. The monoisotopic (exact) mass is 339 g/mol. The third-order valence-electron chi connectivity index (χ3n) is 4.13. The molecule has 25 heavy (non-hydrogen) atoms. The highest BCUT2D eigenvalue weighted by Gasteiger charge is 2.23. The Labute approximate surface area is 151 Å². The van der Waals surface area contributed by atoms with Gasteiger partial charge in [-0.25, -0.2) is 4.79 Å². The van der Waals surface area contributed by atoms with Gasteiger partial charge in [0, 0.05) is 11.8 Å². The number of aliphatic imine (C=N–C) groups is 1. The Hall–Kier alpha value is -2.16. The molecule has 3 heteroatoms. The number of nitrogens with zero attached hydrogens (tertiary/aromatic N) is 1. The van der Waals surface area contributed by atoms with E-state index in [1.807, 2.05) is 26.1 Å². The van der Waals surface area contributed by atoms with E-state index in [9.17, 15) is 4.79 Å². The lowest BCUT2D eigenvalue weighted by Crippen LogP contribution is -2.09. The molecular formula is C22H29NO2. The molecule has 0 aromatic heterocycles. The Kier molecular flexibility index (Phi) is 5.66. The summed E-state index contributed by atoms with van der Waals surface area (Å²) in [4.78, 5) is 17.1. The Bertz CT molecular complexity index is 767. The van der Waals surface area contributed by atoms with Crippen LogP contribution in [0.2, 0.25) is 0 Å². The zero-order chi connectivity index (χ0) is 18.8. The SMILES string of the molecule is CCOC(=O)c1cc(C=NC(C)(C)C)c2cc(C(C)C)ccc(C)c1-2. The third-order valence-corrected chi connectivity index (χ3v) is 4.13. The molecule has 0 aromatic rings. The van der Waals surface area contributed by atoms with Gasteiger partial charge in [-0.3, -0.25) is 4.99 Å². The number of fused-ring (bicyclic) bond motifs is 1. The molecule has 0 N–H and O–H groups in total. The van der Waals surface area contributed by atoms with Gasteiger partial charge < -0.3 is 4.74 Å². The van der Waals surface area contributed by atoms with Gasteiger partial charge in [0.05, 0.1) is 17.7 Å². The van der Waals surface area contributed by atoms with E-state index >= 15 is 0 Å². The molecule has 0 heterocycles. The number of esters is 1. The second-order valence-corrected chi connectivity index (χ2v) is 7.77. The first-order valence-corrected chi connectivity index (χ1v) is 8.93. The summed E-state index contributed by atoms with van der Waals surface area (Å²) in [6.07, 6.45) is 1.88. The molecule has 0 aliphatic heterocycles. The predicted molar refractivity (Wildman–Crippen MR) is 105 cm³/mol. The fourth-order valence-electron chi connectivity index (χ4n) is 2.79. The minimum Gasteiger partial charge on any atom is -0.462 e. The van der Waals surface area contributed by atoms with Crippen molar-refractivity contribution in [2.75, 3.05) is 6.61 Å². The number of aryl methyl sites for hydroxylation is 1. The number of rotatable bonds is 4. The molecule has 2 rings (SSSR count). The van der Waals surface area contributed by atoms with Crippen LogP contribution in [0.5, 0.6) is 0 Å². The summed E-state index contributed by atoms with van der Waals surface area (Å²) in [5.74, 6) is 0.131. The van der Waals surface area contributed by atoms with Crippen molar-refractivity contribution in [3.63, 3.8) is 0 Å². The topological polar surface area (TPSA) is 38.7 Å². The summed E-state index contributed by atoms with van der Waals surface area (Å²) in [6, 6.07) is 8.32. The summed E-state index contributed by atoms with van der Waals surface area (Å²) in [6.45, 7) is 14.8. The van der Waals surface area contributed by atoms with Crippen LogP contribution < -0.4 is 0 Å². The normalized spacial score (nSPS) is 12.3. The molecule has 0 saturated heterocycles. The van der Waals surface area contributed by atoms with E-state index in [1.54, 1.807) is 0 Å². The fraction of sp³-hybridized carbons (Fsp3) is 0.455. The number of carbonyl (C=O) groups is 1. The third kappa shape index (κ3) is 4.47. The van der Waals surface area contributed by atoms with Gasteiger partial charge >= 0.3 is 5.97 Å². The van der Waals surface area contributed by atoms with Crippen LogP contribution in [0.1, 0.15) is 74.5 Å². The zero-order valence-electron chi connectivity index (χ0n) is 16.4. The molecule has 0 saturated carbocycles. The quantitative estimate of drug-likeness (QED) is 0.536. The molecule has 2 aliphatic rings. The van der Waals surface area contributed by atoms with Crippen LogP contribution in [0, 0.1) is 6.92 Å². The van der Waals surface area contributed by atoms with Gasteiger partial charge in [-0.05, 0) is 68.9 Å². The van der Waals surface area contributed by atoms with Crippen LogP contribution >= 0.6 is 0 Å². The van der Waals surface area contributed by atoms with Gasteiger partial charge in [-0.1, -0.05) is 32.0 Å². The van der Waals surface area contributed by atoms with Crippen molar-refractivity contribution < 1.29 is 9.53 Å². The lowest BCUT2D eigenvalue weighted by Gasteiger charge is -2.11. The van der Waals surface area contributed by atoms with Crippen molar-refractivity contribution >= 4 is 12.2 Å². The van der Waals surface area contributed by atoms with Crippen molar-refractivity contribution in [2.45, 2.75) is 59.9 Å². The first kappa shape index (κ1) is 19.2. The van der Waals surface area contributed by atoms with E-state index in [0.717, 1.165) is 22.3 Å². The van der Waals surface area contributed by atoms with Gasteiger partial charge in [0.15, 0.2) is 0 Å². The summed E-state index contributed by atoms with van der Waals surface area (Å²) < 4.78 is 5.27. The van der Waals surface area contributed by atoms with Crippen molar-refractivity contribution in [2.24, 2.45) is 4.99 Å². The molecule has 3 nitrogen and oxygen atoms in total. The second-order valence-electron chi connectivity index (χ2n) is 7.77. The largest absolute Gasteiger partial charge is 0.462 e. The summed E-state index contributed by atoms with van der Waals surface area (Å²) in [5.41, 5.74) is 5.75. The molecule has 0 fully saturated rings. The average Bonchev–Trinajstić information content (AvgIpc) is 2.77. The lowest BCUT2D eigenvalue weighted by molar-refractivity contribution is 0.0527. The van der Waals surface area contributed by atoms with Gasteiger partial charge in [0.1, 0.15) is 0 Å². The lowest BCUT2D eigenvalue weighted by atomic mass is 10.0. The number of hydrogen-bond donors (Lipinski definition) is 0. The zero-order valence-corrected chi connectivity index (χ0v) is 16.4. The highest BCUT2D eigenvalue weighted by molar-refractivity contribution is 6.06. The van der Waals surface area contributed by atoms with Gasteiger partial charge in [-0.15, -0.1) is 0 Å². The molecular weight excluding hydrogens is 310 g/mol. The fourth-order valence-corrected chi connectivity index (χ4v) is 2.79. The minimum atomic E-state index is -0.275. The highest BCUT2D eigenvalue weighted by atomic mass is 16.5. The summed E-state index contributed by atoms with van der Waals surface area (Å²) >= 11 is 0. The van der Waals surface area contributed by atoms with Crippen LogP contribution in [0.4, 0.5) is 0 Å². The number of carbonyl (C=O) groups excluding carboxylic acids is 1. The summed E-state index contributed by atoms with van der Waals surface area (Å²) in [7, 11) is 0. The Morgan fingerprint density at radius 2 is 1.92 bits per heavy atom. The Morgan fingerprint density at radius 1 is 1.24 bits per heavy atom. The maximum Gasteiger partial charge on any atom is 0.338 e. The highest BCUT2D eigenvalue weighted by Crippen LogP contribution is 2.36. The van der Waals surface area contributed by atoms with Crippen LogP contribution in [0.15, 0.2) is 29.3 Å². The van der Waals surface area contributed by atoms with Crippen LogP contribution in [0.3, 0.4) is 0 Å². The molecule has 0 spiro atoms. The first-order chi connectivity index (χ1) is 11.6. The molecule has 2 aliphatic carbocycles. The maximum atomic E-state index is 12.5. The van der Waals surface area contributed by atoms with Crippen molar-refractivity contribution in [3.8, 4) is 11.1 Å². The molecule has 134 valence electrons. The molecule has 0 aromatic carbocycles. The molecule has 0 amide bonds. The van der Waals surface area contributed by atoms with E-state index in [1.165, 1.54) is 5.56 Å². The van der Waals surface area contributed by atoms with Gasteiger partial charge in [0.2, 0.25) is 0 Å². The second kappa shape index (κ2) is 7.38. The molecule has 0 unspecified atom stereocenters. The molecule has 0 radical (unpaired) electrons. The predicted octanol–water partition coefficient (Wildman–Crippen LogP) is 5.62. The molecule has 0 atom stereocenters. The van der Waals surface area contributed by atoms with Crippen molar-refractivity contribution in [3.05, 3.63) is 46.5 Å². The molecule has 0 bridgehead atoms. The van der Waals surface area contributed by atoms with E-state index in [-0.39, 0.29) is 11.5 Å². The van der Waals surface area contributed by atoms with E-state index < -0.39 is 0 Å². The van der Waals surface area contributed by atoms with Crippen molar-refractivity contribution in [1.82, 2.24) is 0 Å². The van der Waals surface area contributed by atoms with Crippen LogP contribution in [0.25, 0.3) is 11.1 Å². The first-order valence-electron chi connectivity index (χ1n) is 8.93. The van der Waals surface area contributed by atoms with E-state index in [0.29, 0.717) is 18.1 Å². The Morgan fingerprint density at radius 3 is 2.48 bits per heavy atom. The van der Waals surface area contributed by atoms with E-state index in [4.69, 9.17) is 4.74 Å². The summed E-state index contributed by atoms with van der Waals surface area (Å²) in [5, 5.41) is 0. The maximum absolute atomic E-state index is 12.5. The van der Waals surface area contributed by atoms with E-state index in [2.05, 4.69) is 57.8 Å². The Balaban J connectivity index is 2.73. The van der Waals surface area contributed by atoms with Crippen LogP contribution in [-0.2, 0) is 4.74 Å². The number of ether oxygens (including phenoxy) is 1. The van der Waals surface area contributed by atoms with Crippen LogP contribution in [-0.4, -0.2) is 24.3 Å². The average molecular weight is 339 g/mol. The van der Waals surface area contributed by atoms with Gasteiger partial charge in [-0.2, -0.15) is 0 Å². The smallest absolute Gasteiger partial charge is 0.338 e. The standard InChI is InChI=1S/C22H29NO2/c1-8-25-21(24)19-12-17(13-23-22(5,6)7)18-11-16(14(2)3)10-9-15(4)20(18)19/h9-14H,8H2,1-7H3. The van der Waals surface area contributed by atoms with Gasteiger partial charge in [0.25, 0.3) is 0 Å². The van der Waals surface area contributed by atoms with Crippen molar-refractivity contribution in [1.29, 1.82) is 0 Å². The minimum absolute atomic E-state index is 0.166.